The summed E-state index contributed by atoms with van der Waals surface area (Å²) in [7, 11) is 0. The van der Waals surface area contributed by atoms with Crippen molar-refractivity contribution in [3.05, 3.63) is 69.0 Å². The second kappa shape index (κ2) is 7.06. The first kappa shape index (κ1) is 17.2. The Morgan fingerprint density at radius 3 is 2.40 bits per heavy atom. The van der Waals surface area contributed by atoms with E-state index >= 15 is 0 Å². The van der Waals surface area contributed by atoms with Crippen LogP contribution in [0.15, 0.2) is 42.5 Å². The molecule has 0 bridgehead atoms. The number of nitrogens with zero attached hydrogens (tertiary/aromatic N) is 3. The highest BCUT2D eigenvalue weighted by molar-refractivity contribution is 6.34. The first-order chi connectivity index (χ1) is 12.0. The van der Waals surface area contributed by atoms with E-state index in [1.807, 2.05) is 4.90 Å². The standard InChI is InChI=1S/C17H15ClFN3O3/c18-14-11-12(22(24)25)5-6-13(14)17(23)21-9-7-20(8-10-21)16-4-2-1-3-15(16)19/h1-6,11H,7-10H2. The van der Waals surface area contributed by atoms with Crippen LogP contribution in [-0.4, -0.2) is 41.9 Å². The van der Waals surface area contributed by atoms with E-state index in [4.69, 9.17) is 11.6 Å². The monoisotopic (exact) mass is 363 g/mol. The van der Waals surface area contributed by atoms with Crippen LogP contribution < -0.4 is 4.90 Å². The maximum absolute atomic E-state index is 13.9. The van der Waals surface area contributed by atoms with Gasteiger partial charge in [-0.05, 0) is 18.2 Å². The van der Waals surface area contributed by atoms with E-state index in [-0.39, 0.29) is 28.0 Å². The number of para-hydroxylation sites is 1. The molecule has 0 unspecified atom stereocenters. The summed E-state index contributed by atoms with van der Waals surface area (Å²) in [6.45, 7) is 1.83. The van der Waals surface area contributed by atoms with Crippen molar-refractivity contribution in [2.24, 2.45) is 0 Å². The molecular weight excluding hydrogens is 349 g/mol. The number of nitro groups is 1. The summed E-state index contributed by atoms with van der Waals surface area (Å²) in [5, 5.41) is 10.8. The van der Waals surface area contributed by atoms with Gasteiger partial charge in [0, 0.05) is 38.3 Å². The van der Waals surface area contributed by atoms with Crippen LogP contribution in [0, 0.1) is 15.9 Å². The molecule has 0 radical (unpaired) electrons. The third kappa shape index (κ3) is 3.56. The first-order valence-corrected chi connectivity index (χ1v) is 8.08. The lowest BCUT2D eigenvalue weighted by Crippen LogP contribution is -2.49. The van der Waals surface area contributed by atoms with Gasteiger partial charge in [0.15, 0.2) is 0 Å². The number of hydrogen-bond donors (Lipinski definition) is 0. The highest BCUT2D eigenvalue weighted by atomic mass is 35.5. The maximum atomic E-state index is 13.9. The van der Waals surface area contributed by atoms with E-state index in [0.29, 0.717) is 31.9 Å². The van der Waals surface area contributed by atoms with Crippen molar-refractivity contribution in [1.29, 1.82) is 0 Å². The van der Waals surface area contributed by atoms with Gasteiger partial charge in [-0.1, -0.05) is 23.7 Å². The second-order valence-corrected chi connectivity index (χ2v) is 6.06. The zero-order valence-corrected chi connectivity index (χ0v) is 13.9. The molecule has 1 aliphatic rings. The SMILES string of the molecule is O=C(c1ccc([N+](=O)[O-])cc1Cl)N1CCN(c2ccccc2F)CC1. The van der Waals surface area contributed by atoms with Crippen LogP contribution in [0.2, 0.25) is 5.02 Å². The number of piperazine rings is 1. The van der Waals surface area contributed by atoms with Crippen LogP contribution in [0.4, 0.5) is 15.8 Å². The van der Waals surface area contributed by atoms with Crippen molar-refractivity contribution in [1.82, 2.24) is 4.90 Å². The van der Waals surface area contributed by atoms with Gasteiger partial charge in [-0.3, -0.25) is 14.9 Å². The molecule has 1 saturated heterocycles. The summed E-state index contributed by atoms with van der Waals surface area (Å²) in [6.07, 6.45) is 0. The normalized spacial score (nSPS) is 14.5. The number of rotatable bonds is 3. The quantitative estimate of drug-likeness (QED) is 0.619. The molecule has 2 aromatic carbocycles. The van der Waals surface area contributed by atoms with Gasteiger partial charge in [0.05, 0.1) is 21.2 Å². The van der Waals surface area contributed by atoms with Gasteiger partial charge in [0.2, 0.25) is 0 Å². The maximum Gasteiger partial charge on any atom is 0.270 e. The number of hydrogen-bond acceptors (Lipinski definition) is 4. The molecule has 1 heterocycles. The topological polar surface area (TPSA) is 66.7 Å². The summed E-state index contributed by atoms with van der Waals surface area (Å²) in [6, 6.07) is 10.3. The molecule has 8 heteroatoms. The summed E-state index contributed by atoms with van der Waals surface area (Å²) >= 11 is 6.02. The van der Waals surface area contributed by atoms with Crippen molar-refractivity contribution in [2.45, 2.75) is 0 Å². The fraction of sp³-hybridized carbons (Fsp3) is 0.235. The lowest BCUT2D eigenvalue weighted by molar-refractivity contribution is -0.384. The molecule has 0 aliphatic carbocycles. The Hall–Kier alpha value is -2.67. The van der Waals surface area contributed by atoms with Crippen LogP contribution >= 0.6 is 11.6 Å². The predicted molar refractivity (Wildman–Crippen MR) is 92.6 cm³/mol. The Kier molecular flexibility index (Phi) is 4.85. The van der Waals surface area contributed by atoms with E-state index in [9.17, 15) is 19.3 Å². The van der Waals surface area contributed by atoms with Crippen LogP contribution in [0.1, 0.15) is 10.4 Å². The fourth-order valence-electron chi connectivity index (χ4n) is 2.82. The number of non-ortho nitro benzene ring substituents is 1. The zero-order valence-electron chi connectivity index (χ0n) is 13.2. The minimum atomic E-state index is -0.562. The summed E-state index contributed by atoms with van der Waals surface area (Å²) in [5.74, 6) is -0.575. The minimum Gasteiger partial charge on any atom is -0.366 e. The van der Waals surface area contributed by atoms with Gasteiger partial charge in [-0.25, -0.2) is 4.39 Å². The average molecular weight is 364 g/mol. The lowest BCUT2D eigenvalue weighted by atomic mass is 10.1. The van der Waals surface area contributed by atoms with Crippen LogP contribution in [-0.2, 0) is 0 Å². The van der Waals surface area contributed by atoms with Gasteiger partial charge in [0.25, 0.3) is 11.6 Å². The van der Waals surface area contributed by atoms with Crippen molar-refractivity contribution >= 4 is 28.9 Å². The first-order valence-electron chi connectivity index (χ1n) is 7.70. The van der Waals surface area contributed by atoms with E-state index in [0.717, 1.165) is 0 Å². The molecule has 6 nitrogen and oxygen atoms in total. The number of anilines is 1. The molecule has 25 heavy (non-hydrogen) atoms. The number of carbonyl (C=O) groups is 1. The third-order valence-corrected chi connectivity index (χ3v) is 4.47. The number of benzene rings is 2. The van der Waals surface area contributed by atoms with Crippen LogP contribution in [0.5, 0.6) is 0 Å². The lowest BCUT2D eigenvalue weighted by Gasteiger charge is -2.36. The molecule has 0 aromatic heterocycles. The predicted octanol–water partition coefficient (Wildman–Crippen LogP) is 3.35. The number of nitro benzene ring substituents is 1. The molecule has 0 N–H and O–H groups in total. The van der Waals surface area contributed by atoms with Crippen molar-refractivity contribution in [3.8, 4) is 0 Å². The van der Waals surface area contributed by atoms with Crippen molar-refractivity contribution < 1.29 is 14.1 Å². The number of amides is 1. The van der Waals surface area contributed by atoms with Gasteiger partial charge < -0.3 is 9.80 Å². The third-order valence-electron chi connectivity index (χ3n) is 4.15. The van der Waals surface area contributed by atoms with E-state index < -0.39 is 4.92 Å². The number of halogens is 2. The van der Waals surface area contributed by atoms with E-state index in [2.05, 4.69) is 0 Å². The largest absolute Gasteiger partial charge is 0.366 e. The van der Waals surface area contributed by atoms with E-state index in [1.54, 1.807) is 23.1 Å². The smallest absolute Gasteiger partial charge is 0.270 e. The zero-order chi connectivity index (χ0) is 18.0. The molecule has 1 fully saturated rings. The molecular formula is C17H15ClFN3O3. The molecule has 0 atom stereocenters. The molecule has 0 spiro atoms. The van der Waals surface area contributed by atoms with Crippen LogP contribution in [0.25, 0.3) is 0 Å². The second-order valence-electron chi connectivity index (χ2n) is 5.65. The summed E-state index contributed by atoms with van der Waals surface area (Å²) in [4.78, 5) is 26.3. The Morgan fingerprint density at radius 1 is 1.12 bits per heavy atom. The Morgan fingerprint density at radius 2 is 1.80 bits per heavy atom. The highest BCUT2D eigenvalue weighted by Crippen LogP contribution is 2.25. The summed E-state index contributed by atoms with van der Waals surface area (Å²) in [5.41, 5.74) is 0.584. The van der Waals surface area contributed by atoms with Gasteiger partial charge in [0.1, 0.15) is 5.82 Å². The molecule has 130 valence electrons. The Labute approximate surface area is 148 Å². The minimum absolute atomic E-state index is 0.0516. The fourth-order valence-corrected chi connectivity index (χ4v) is 3.08. The van der Waals surface area contributed by atoms with Gasteiger partial charge in [-0.15, -0.1) is 0 Å². The Balaban J connectivity index is 1.70. The number of carbonyl (C=O) groups excluding carboxylic acids is 1. The van der Waals surface area contributed by atoms with Gasteiger partial charge >= 0.3 is 0 Å². The Bertz CT molecular complexity index is 823. The molecule has 0 saturated carbocycles. The molecule has 1 aliphatic heterocycles. The van der Waals surface area contributed by atoms with Gasteiger partial charge in [-0.2, -0.15) is 0 Å². The molecule has 2 aromatic rings. The molecule has 1 amide bonds. The molecule has 3 rings (SSSR count). The average Bonchev–Trinajstić information content (AvgIpc) is 2.61. The summed E-state index contributed by atoms with van der Waals surface area (Å²) < 4.78 is 13.9. The highest BCUT2D eigenvalue weighted by Gasteiger charge is 2.25. The van der Waals surface area contributed by atoms with Crippen molar-refractivity contribution in [2.75, 3.05) is 31.1 Å². The van der Waals surface area contributed by atoms with Crippen molar-refractivity contribution in [3.63, 3.8) is 0 Å². The van der Waals surface area contributed by atoms with E-state index in [1.165, 1.54) is 24.3 Å². The van der Waals surface area contributed by atoms with Crippen LogP contribution in [0.3, 0.4) is 0 Å².